The van der Waals surface area contributed by atoms with Crippen molar-refractivity contribution in [3.63, 3.8) is 0 Å². The maximum Gasteiger partial charge on any atom is 0.490 e. The van der Waals surface area contributed by atoms with Gasteiger partial charge < -0.3 is 25.5 Å². The summed E-state index contributed by atoms with van der Waals surface area (Å²) in [5.41, 5.74) is 2.80. The average molecular weight is 563 g/mol. The maximum absolute atomic E-state index is 12.6. The summed E-state index contributed by atoms with van der Waals surface area (Å²) in [5.74, 6) is -2.26. The molecule has 0 aliphatic carbocycles. The van der Waals surface area contributed by atoms with Gasteiger partial charge in [0, 0.05) is 94.5 Å². The van der Waals surface area contributed by atoms with Gasteiger partial charge in [-0.05, 0) is 37.4 Å². The van der Waals surface area contributed by atoms with Crippen molar-refractivity contribution in [2.45, 2.75) is 12.7 Å². The summed E-state index contributed by atoms with van der Waals surface area (Å²) < 4.78 is 33.5. The van der Waals surface area contributed by atoms with E-state index in [1.165, 1.54) is 5.69 Å². The molecule has 2 aliphatic rings. The number of benzene rings is 1. The summed E-state index contributed by atoms with van der Waals surface area (Å²) in [5, 5.41) is 14.7. The molecule has 0 atom stereocenters. The fourth-order valence-corrected chi connectivity index (χ4v) is 4.47. The maximum atomic E-state index is 12.6. The van der Waals surface area contributed by atoms with Crippen molar-refractivity contribution in [1.82, 2.24) is 29.7 Å². The van der Waals surface area contributed by atoms with E-state index in [0.717, 1.165) is 70.0 Å². The van der Waals surface area contributed by atoms with Gasteiger partial charge in [-0.2, -0.15) is 18.2 Å². The molecule has 0 saturated carbocycles. The molecule has 2 saturated heterocycles. The zero-order valence-electron chi connectivity index (χ0n) is 22.2. The van der Waals surface area contributed by atoms with Crippen LogP contribution in [0.5, 0.6) is 0 Å². The topological polar surface area (TPSA) is 119 Å². The third-order valence-electron chi connectivity index (χ3n) is 6.81. The van der Waals surface area contributed by atoms with Crippen LogP contribution < -0.4 is 21.1 Å². The van der Waals surface area contributed by atoms with E-state index in [2.05, 4.69) is 61.6 Å². The first-order chi connectivity index (χ1) is 19.1. The van der Waals surface area contributed by atoms with Crippen molar-refractivity contribution in [3.05, 3.63) is 52.9 Å². The third-order valence-corrected chi connectivity index (χ3v) is 6.81. The zero-order chi connectivity index (χ0) is 28.7. The Kier molecular flexibility index (Phi) is 9.55. The van der Waals surface area contributed by atoms with E-state index >= 15 is 0 Å². The van der Waals surface area contributed by atoms with Gasteiger partial charge in [0.25, 0.3) is 5.56 Å². The van der Waals surface area contributed by atoms with E-state index in [4.69, 9.17) is 14.9 Å². The molecule has 0 unspecified atom stereocenters. The van der Waals surface area contributed by atoms with Crippen LogP contribution in [0.2, 0.25) is 0 Å². The lowest BCUT2D eigenvalue weighted by atomic mass is 10.2. The van der Waals surface area contributed by atoms with Crippen LogP contribution in [-0.2, 0) is 11.3 Å². The molecular weight excluding hydrogens is 529 g/mol. The highest BCUT2D eigenvalue weighted by molar-refractivity contribution is 5.76. The number of anilines is 3. The van der Waals surface area contributed by atoms with Gasteiger partial charge in [0.05, 0.1) is 0 Å². The highest BCUT2D eigenvalue weighted by atomic mass is 19.4. The Morgan fingerprint density at radius 3 is 2.27 bits per heavy atom. The summed E-state index contributed by atoms with van der Waals surface area (Å²) in [6, 6.07) is 11.8. The van der Waals surface area contributed by atoms with Gasteiger partial charge in [0.2, 0.25) is 5.95 Å². The Morgan fingerprint density at radius 2 is 1.65 bits per heavy atom. The second-order valence-corrected chi connectivity index (χ2v) is 9.65. The highest BCUT2D eigenvalue weighted by Gasteiger charge is 2.38. The van der Waals surface area contributed by atoms with Crippen molar-refractivity contribution in [1.29, 1.82) is 0 Å². The summed E-state index contributed by atoms with van der Waals surface area (Å²) in [7, 11) is 2.17. The van der Waals surface area contributed by atoms with E-state index in [-0.39, 0.29) is 5.56 Å². The number of halogens is 3. The number of nitrogens with zero attached hydrogens (tertiary/aromatic N) is 6. The van der Waals surface area contributed by atoms with E-state index in [1.54, 1.807) is 22.9 Å². The smallest absolute Gasteiger partial charge is 0.475 e. The quantitative estimate of drug-likeness (QED) is 0.411. The molecule has 2 aromatic heterocycles. The first-order valence-corrected chi connectivity index (χ1v) is 13.0. The SMILES string of the molecule is CN1CCN(c2ccc(Nc3ncc4ccc(=O)n(CCN5CCNCC5)c4n3)cc2)CC1.O=C(O)C(F)(F)F. The fraction of sp³-hybridized carbons (Fsp3) is 0.462. The second kappa shape index (κ2) is 13.1. The molecule has 40 heavy (non-hydrogen) atoms. The molecule has 2 fully saturated rings. The van der Waals surface area contributed by atoms with Crippen molar-refractivity contribution in [2.24, 2.45) is 0 Å². The van der Waals surface area contributed by atoms with E-state index < -0.39 is 12.1 Å². The Bertz CT molecular complexity index is 1340. The summed E-state index contributed by atoms with van der Waals surface area (Å²) in [4.78, 5) is 37.8. The monoisotopic (exact) mass is 562 g/mol. The van der Waals surface area contributed by atoms with Crippen LogP contribution in [0.3, 0.4) is 0 Å². The molecule has 14 heteroatoms. The van der Waals surface area contributed by atoms with Gasteiger partial charge in [-0.15, -0.1) is 0 Å². The predicted molar refractivity (Wildman–Crippen MR) is 146 cm³/mol. The largest absolute Gasteiger partial charge is 0.490 e. The highest BCUT2D eigenvalue weighted by Crippen LogP contribution is 2.21. The van der Waals surface area contributed by atoms with E-state index in [0.29, 0.717) is 18.1 Å². The molecule has 1 aromatic carbocycles. The first-order valence-electron chi connectivity index (χ1n) is 13.0. The number of carboxylic acids is 1. The molecule has 3 aromatic rings. The summed E-state index contributed by atoms with van der Waals surface area (Å²) in [6.45, 7) is 9.71. The lowest BCUT2D eigenvalue weighted by Gasteiger charge is -2.34. The van der Waals surface area contributed by atoms with Crippen molar-refractivity contribution >= 4 is 34.3 Å². The van der Waals surface area contributed by atoms with Gasteiger partial charge in [-0.3, -0.25) is 14.3 Å². The number of likely N-dealkylation sites (N-methyl/N-ethyl adjacent to an activating group) is 1. The number of rotatable bonds is 6. The van der Waals surface area contributed by atoms with E-state index in [1.807, 2.05) is 0 Å². The van der Waals surface area contributed by atoms with Crippen molar-refractivity contribution in [2.75, 3.05) is 76.2 Å². The molecule has 0 spiro atoms. The van der Waals surface area contributed by atoms with Crippen LogP contribution >= 0.6 is 0 Å². The molecule has 0 amide bonds. The minimum Gasteiger partial charge on any atom is -0.475 e. The molecule has 216 valence electrons. The lowest BCUT2D eigenvalue weighted by Crippen LogP contribution is -2.45. The molecule has 3 N–H and O–H groups in total. The van der Waals surface area contributed by atoms with Gasteiger partial charge >= 0.3 is 12.1 Å². The van der Waals surface area contributed by atoms with Crippen LogP contribution in [-0.4, -0.2) is 108 Å². The summed E-state index contributed by atoms with van der Waals surface area (Å²) >= 11 is 0. The first kappa shape index (κ1) is 29.2. The molecule has 4 heterocycles. The lowest BCUT2D eigenvalue weighted by molar-refractivity contribution is -0.192. The summed E-state index contributed by atoms with van der Waals surface area (Å²) in [6.07, 6.45) is -3.30. The standard InChI is InChI=1S/C24H32N8O.C2HF3O2/c1-29-12-15-31(16-13-29)21-5-3-20(4-6-21)27-24-26-18-19-2-7-22(33)32(23(19)28-24)17-14-30-10-8-25-9-11-30;3-2(4,5)1(6)7/h2-7,18,25H,8-17H2,1H3,(H,26,27,28);(H,6,7). The second-order valence-electron chi connectivity index (χ2n) is 9.65. The Labute approximate surface area is 229 Å². The van der Waals surface area contributed by atoms with Crippen LogP contribution in [0.4, 0.5) is 30.5 Å². The number of aliphatic carboxylic acids is 1. The van der Waals surface area contributed by atoms with E-state index in [9.17, 15) is 18.0 Å². The van der Waals surface area contributed by atoms with Crippen molar-refractivity contribution in [3.8, 4) is 0 Å². The van der Waals surface area contributed by atoms with Crippen LogP contribution in [0.1, 0.15) is 0 Å². The number of aromatic nitrogens is 3. The van der Waals surface area contributed by atoms with Gasteiger partial charge in [-0.25, -0.2) is 9.78 Å². The average Bonchev–Trinajstić information content (AvgIpc) is 2.94. The number of carboxylic acid groups (broad SMARTS) is 1. The van der Waals surface area contributed by atoms with Crippen LogP contribution in [0.15, 0.2) is 47.4 Å². The molecule has 0 bridgehead atoms. The van der Waals surface area contributed by atoms with Gasteiger partial charge in [0.1, 0.15) is 5.65 Å². The van der Waals surface area contributed by atoms with Crippen molar-refractivity contribution < 1.29 is 23.1 Å². The number of pyridine rings is 1. The number of hydrogen-bond donors (Lipinski definition) is 3. The van der Waals surface area contributed by atoms with Crippen LogP contribution in [0.25, 0.3) is 11.0 Å². The van der Waals surface area contributed by atoms with Crippen LogP contribution in [0, 0.1) is 0 Å². The molecule has 5 rings (SSSR count). The van der Waals surface area contributed by atoms with Gasteiger partial charge in [0.15, 0.2) is 0 Å². The number of alkyl halides is 3. The Hall–Kier alpha value is -3.75. The number of nitrogens with one attached hydrogen (secondary N) is 2. The third kappa shape index (κ3) is 7.90. The Balaban J connectivity index is 0.000000470. The molecule has 0 radical (unpaired) electrons. The molecule has 11 nitrogen and oxygen atoms in total. The fourth-order valence-electron chi connectivity index (χ4n) is 4.47. The number of carbonyl (C=O) groups is 1. The minimum atomic E-state index is -5.08. The number of hydrogen-bond acceptors (Lipinski definition) is 9. The normalized spacial score (nSPS) is 16.9. The zero-order valence-corrected chi connectivity index (χ0v) is 22.2. The van der Waals surface area contributed by atoms with Gasteiger partial charge in [-0.1, -0.05) is 0 Å². The molecule has 2 aliphatic heterocycles. The molecular formula is C26H33F3N8O3. The number of piperazine rings is 2. The predicted octanol–water partition coefficient (Wildman–Crippen LogP) is 1.83. The number of fused-ring (bicyclic) bond motifs is 1. The minimum absolute atomic E-state index is 0.0289. The Morgan fingerprint density at radius 1 is 1.00 bits per heavy atom.